The van der Waals surface area contributed by atoms with Gasteiger partial charge in [0.1, 0.15) is 0 Å². The van der Waals surface area contributed by atoms with Crippen LogP contribution in [0.2, 0.25) is 0 Å². The number of fused-ring (bicyclic) bond motifs is 1. The number of aromatic carboxylic acids is 1. The summed E-state index contributed by atoms with van der Waals surface area (Å²) in [5, 5.41) is 20.3. The molecule has 7 heteroatoms. The third kappa shape index (κ3) is 4.29. The summed E-state index contributed by atoms with van der Waals surface area (Å²) in [6.07, 6.45) is 1.42. The number of benzene rings is 2. The first-order valence-electron chi connectivity index (χ1n) is 9.37. The van der Waals surface area contributed by atoms with E-state index in [4.69, 9.17) is 9.84 Å². The minimum atomic E-state index is -0.999. The number of carboxylic acid groups (broad SMARTS) is 1. The van der Waals surface area contributed by atoms with Gasteiger partial charge in [0.15, 0.2) is 5.88 Å². The van der Waals surface area contributed by atoms with Crippen LogP contribution < -0.4 is 0 Å². The summed E-state index contributed by atoms with van der Waals surface area (Å²) < 4.78 is 5.02. The molecular formula is C22H22N2O5. The van der Waals surface area contributed by atoms with Crippen LogP contribution in [0, 0.1) is 0 Å². The van der Waals surface area contributed by atoms with E-state index in [2.05, 4.69) is 9.98 Å². The summed E-state index contributed by atoms with van der Waals surface area (Å²) in [6, 6.07) is 11.3. The second kappa shape index (κ2) is 8.60. The average molecular weight is 394 g/mol. The molecule has 0 atom stereocenters. The molecule has 1 heterocycles. The van der Waals surface area contributed by atoms with Gasteiger partial charge < -0.3 is 19.9 Å². The minimum Gasteiger partial charge on any atom is -0.494 e. The zero-order valence-electron chi connectivity index (χ0n) is 16.2. The molecule has 150 valence electrons. The van der Waals surface area contributed by atoms with E-state index < -0.39 is 11.9 Å². The summed E-state index contributed by atoms with van der Waals surface area (Å²) in [5.74, 6) is -1.46. The molecule has 0 radical (unpaired) electrons. The van der Waals surface area contributed by atoms with E-state index in [-0.39, 0.29) is 18.1 Å². The summed E-state index contributed by atoms with van der Waals surface area (Å²) >= 11 is 0. The van der Waals surface area contributed by atoms with Crippen molar-refractivity contribution < 1.29 is 24.5 Å². The van der Waals surface area contributed by atoms with Gasteiger partial charge in [0.25, 0.3) is 0 Å². The Morgan fingerprint density at radius 1 is 1.07 bits per heavy atom. The quantitative estimate of drug-likeness (QED) is 0.398. The van der Waals surface area contributed by atoms with Crippen molar-refractivity contribution in [2.75, 3.05) is 6.61 Å². The number of carbonyl (C=O) groups is 2. The number of hydrogen-bond acceptors (Lipinski definition) is 5. The number of nitrogens with one attached hydrogen (secondary N) is 1. The van der Waals surface area contributed by atoms with E-state index in [9.17, 15) is 14.7 Å². The molecule has 3 aromatic rings. The molecule has 0 unspecified atom stereocenters. The van der Waals surface area contributed by atoms with Gasteiger partial charge in [0, 0.05) is 10.9 Å². The van der Waals surface area contributed by atoms with Crippen molar-refractivity contribution in [3.8, 4) is 5.88 Å². The first-order chi connectivity index (χ1) is 13.9. The summed E-state index contributed by atoms with van der Waals surface area (Å²) in [4.78, 5) is 30.5. The van der Waals surface area contributed by atoms with Crippen LogP contribution in [-0.4, -0.2) is 39.5 Å². The third-order valence-electron chi connectivity index (χ3n) is 4.44. The first-order valence-corrected chi connectivity index (χ1v) is 9.37. The number of aromatic hydroxyl groups is 1. The van der Waals surface area contributed by atoms with Gasteiger partial charge in [0.05, 0.1) is 34.7 Å². The lowest BCUT2D eigenvalue weighted by Gasteiger charge is -2.07. The number of nitrogens with zero attached hydrogens (tertiary/aromatic N) is 1. The van der Waals surface area contributed by atoms with Crippen molar-refractivity contribution in [1.29, 1.82) is 0 Å². The topological polar surface area (TPSA) is 112 Å². The number of aliphatic imine (C=N–C) groups is 1. The van der Waals surface area contributed by atoms with Gasteiger partial charge in [0.2, 0.25) is 0 Å². The monoisotopic (exact) mass is 394 g/mol. The molecule has 2 aromatic carbocycles. The number of rotatable bonds is 7. The highest BCUT2D eigenvalue weighted by Gasteiger charge is 2.18. The molecule has 0 aliphatic heterocycles. The Balaban J connectivity index is 2.05. The van der Waals surface area contributed by atoms with Crippen LogP contribution in [0.5, 0.6) is 5.88 Å². The smallest absolute Gasteiger partial charge is 0.338 e. The maximum atomic E-state index is 12.0. The largest absolute Gasteiger partial charge is 0.494 e. The number of aromatic amines is 1. The Bertz CT molecular complexity index is 1080. The lowest BCUT2D eigenvalue weighted by atomic mass is 10.0. The van der Waals surface area contributed by atoms with Crippen molar-refractivity contribution in [1.82, 2.24) is 4.98 Å². The zero-order valence-corrected chi connectivity index (χ0v) is 16.2. The number of hydrogen-bond donors (Lipinski definition) is 3. The van der Waals surface area contributed by atoms with Crippen LogP contribution in [0.3, 0.4) is 0 Å². The summed E-state index contributed by atoms with van der Waals surface area (Å²) in [6.45, 7) is 4.03. The highest BCUT2D eigenvalue weighted by atomic mass is 16.5. The molecule has 3 rings (SSSR count). The molecule has 0 fully saturated rings. The fraction of sp³-hybridized carbons (Fsp3) is 0.227. The number of ether oxygens (including phenoxy) is 1. The molecule has 7 nitrogen and oxygen atoms in total. The molecule has 0 bridgehead atoms. The van der Waals surface area contributed by atoms with Gasteiger partial charge in [-0.25, -0.2) is 9.59 Å². The first kappa shape index (κ1) is 20.1. The Kier molecular flexibility index (Phi) is 5.97. The molecule has 1 aromatic heterocycles. The molecule has 0 saturated carbocycles. The van der Waals surface area contributed by atoms with Crippen LogP contribution in [-0.2, 0) is 4.74 Å². The number of esters is 1. The van der Waals surface area contributed by atoms with E-state index >= 15 is 0 Å². The number of aromatic nitrogens is 1. The molecule has 29 heavy (non-hydrogen) atoms. The van der Waals surface area contributed by atoms with Gasteiger partial charge in [-0.1, -0.05) is 19.4 Å². The molecule has 0 aliphatic rings. The van der Waals surface area contributed by atoms with E-state index in [0.717, 1.165) is 11.8 Å². The van der Waals surface area contributed by atoms with Gasteiger partial charge in [-0.2, -0.15) is 0 Å². The summed E-state index contributed by atoms with van der Waals surface area (Å²) in [5.41, 5.74) is 3.01. The standard InChI is InChI=1S/C22H22N2O5/c1-3-5-17(23-15-9-6-13(7-10-15)21(26)27)19-16-11-8-14(22(28)29-4-2)12-18(16)24-20(19)25/h6-12,24-25H,3-5H2,1-2H3,(H,26,27). The second-order valence-electron chi connectivity index (χ2n) is 6.49. The highest BCUT2D eigenvalue weighted by Crippen LogP contribution is 2.31. The summed E-state index contributed by atoms with van der Waals surface area (Å²) in [7, 11) is 0. The normalized spacial score (nSPS) is 11.6. The SMILES string of the molecule is CCCC(=Nc1ccc(C(=O)O)cc1)c1c(O)[nH]c2cc(C(=O)OCC)ccc12. The number of H-pyrrole nitrogens is 1. The molecule has 3 N–H and O–H groups in total. The maximum Gasteiger partial charge on any atom is 0.338 e. The van der Waals surface area contributed by atoms with Crippen LogP contribution >= 0.6 is 0 Å². The van der Waals surface area contributed by atoms with Crippen molar-refractivity contribution in [2.45, 2.75) is 26.7 Å². The van der Waals surface area contributed by atoms with Gasteiger partial charge >= 0.3 is 11.9 Å². The number of carbonyl (C=O) groups excluding carboxylic acids is 1. The van der Waals surface area contributed by atoms with Crippen LogP contribution in [0.25, 0.3) is 10.9 Å². The third-order valence-corrected chi connectivity index (χ3v) is 4.44. The number of carboxylic acids is 1. The highest BCUT2D eigenvalue weighted by molar-refractivity contribution is 6.14. The predicted molar refractivity (Wildman–Crippen MR) is 110 cm³/mol. The fourth-order valence-electron chi connectivity index (χ4n) is 3.12. The minimum absolute atomic E-state index is 0.0321. The maximum absolute atomic E-state index is 12.0. The molecule has 0 amide bonds. The second-order valence-corrected chi connectivity index (χ2v) is 6.49. The van der Waals surface area contributed by atoms with E-state index in [1.807, 2.05) is 6.92 Å². The zero-order chi connectivity index (χ0) is 21.0. The van der Waals surface area contributed by atoms with E-state index in [1.54, 1.807) is 37.3 Å². The Hall–Kier alpha value is -3.61. The van der Waals surface area contributed by atoms with Crippen molar-refractivity contribution in [3.05, 3.63) is 59.2 Å². The Morgan fingerprint density at radius 3 is 2.38 bits per heavy atom. The van der Waals surface area contributed by atoms with Crippen LogP contribution in [0.15, 0.2) is 47.5 Å². The van der Waals surface area contributed by atoms with E-state index in [1.165, 1.54) is 12.1 Å². The fourth-order valence-corrected chi connectivity index (χ4v) is 3.12. The van der Waals surface area contributed by atoms with Crippen LogP contribution in [0.1, 0.15) is 53.0 Å². The molecule has 0 saturated heterocycles. The van der Waals surface area contributed by atoms with Crippen molar-refractivity contribution >= 4 is 34.2 Å². The predicted octanol–water partition coefficient (Wildman–Crippen LogP) is 4.67. The van der Waals surface area contributed by atoms with Crippen molar-refractivity contribution in [2.24, 2.45) is 4.99 Å². The van der Waals surface area contributed by atoms with Gasteiger partial charge in [-0.15, -0.1) is 0 Å². The Labute approximate surface area is 167 Å². The van der Waals surface area contributed by atoms with Crippen LogP contribution in [0.4, 0.5) is 5.69 Å². The molecule has 0 aliphatic carbocycles. The van der Waals surface area contributed by atoms with Gasteiger partial charge in [-0.05, 0) is 49.7 Å². The molecule has 0 spiro atoms. The van der Waals surface area contributed by atoms with E-state index in [0.29, 0.717) is 34.5 Å². The Morgan fingerprint density at radius 2 is 1.76 bits per heavy atom. The van der Waals surface area contributed by atoms with Crippen molar-refractivity contribution in [3.63, 3.8) is 0 Å². The lowest BCUT2D eigenvalue weighted by molar-refractivity contribution is 0.0526. The average Bonchev–Trinajstić information content (AvgIpc) is 3.03. The lowest BCUT2D eigenvalue weighted by Crippen LogP contribution is -2.04. The van der Waals surface area contributed by atoms with Gasteiger partial charge in [-0.3, -0.25) is 4.99 Å². The molecular weight excluding hydrogens is 372 g/mol.